The van der Waals surface area contributed by atoms with Gasteiger partial charge in [-0.3, -0.25) is 15.1 Å². The van der Waals surface area contributed by atoms with Gasteiger partial charge in [-0.25, -0.2) is 0 Å². The molecule has 166 valence electrons. The SMILES string of the molecule is COc1cc(F)c([N+](=O)[O-])cc1N1C=C(C(F)(F)F)C(c2cn(C)c3ccccc23)=NC1. The van der Waals surface area contributed by atoms with E-state index in [2.05, 4.69) is 4.99 Å². The molecule has 2 heterocycles. The van der Waals surface area contributed by atoms with Gasteiger partial charge in [-0.15, -0.1) is 0 Å². The van der Waals surface area contributed by atoms with Crippen LogP contribution in [0.1, 0.15) is 5.56 Å². The highest BCUT2D eigenvalue weighted by molar-refractivity contribution is 6.20. The Bertz CT molecular complexity index is 1290. The number of fused-ring (bicyclic) bond motifs is 1. The molecule has 0 N–H and O–H groups in total. The van der Waals surface area contributed by atoms with Crippen molar-refractivity contribution < 1.29 is 27.2 Å². The summed E-state index contributed by atoms with van der Waals surface area (Å²) in [6.07, 6.45) is -2.39. The number of aliphatic imine (C=N–C) groups is 1. The molecule has 0 saturated heterocycles. The van der Waals surface area contributed by atoms with Gasteiger partial charge in [0.2, 0.25) is 5.82 Å². The Balaban J connectivity index is 1.86. The fourth-order valence-electron chi connectivity index (χ4n) is 3.66. The molecule has 1 aliphatic rings. The van der Waals surface area contributed by atoms with E-state index in [1.54, 1.807) is 42.1 Å². The molecular formula is C21H16F4N4O3. The van der Waals surface area contributed by atoms with Crippen LogP contribution in [0.2, 0.25) is 0 Å². The highest BCUT2D eigenvalue weighted by Gasteiger charge is 2.41. The Morgan fingerprint density at radius 3 is 2.59 bits per heavy atom. The second-order valence-corrected chi connectivity index (χ2v) is 7.06. The van der Waals surface area contributed by atoms with E-state index in [1.807, 2.05) is 0 Å². The van der Waals surface area contributed by atoms with Crippen molar-refractivity contribution in [2.24, 2.45) is 12.0 Å². The number of ether oxygens (including phenoxy) is 1. The molecule has 1 aromatic heterocycles. The van der Waals surface area contributed by atoms with Gasteiger partial charge in [-0.1, -0.05) is 18.2 Å². The van der Waals surface area contributed by atoms with Crippen molar-refractivity contribution in [3.8, 4) is 5.75 Å². The summed E-state index contributed by atoms with van der Waals surface area (Å²) in [6, 6.07) is 8.59. The summed E-state index contributed by atoms with van der Waals surface area (Å²) in [5, 5.41) is 11.7. The quantitative estimate of drug-likeness (QED) is 0.322. The summed E-state index contributed by atoms with van der Waals surface area (Å²) in [7, 11) is 2.91. The van der Waals surface area contributed by atoms with Crippen molar-refractivity contribution in [2.45, 2.75) is 6.18 Å². The first-order chi connectivity index (χ1) is 15.1. The van der Waals surface area contributed by atoms with E-state index in [4.69, 9.17) is 4.74 Å². The molecule has 0 aliphatic carbocycles. The number of para-hydroxylation sites is 1. The third-order valence-corrected chi connectivity index (χ3v) is 5.13. The summed E-state index contributed by atoms with van der Waals surface area (Å²) in [4.78, 5) is 15.4. The van der Waals surface area contributed by atoms with Gasteiger partial charge in [0.05, 0.1) is 29.0 Å². The van der Waals surface area contributed by atoms with Crippen LogP contribution in [0.5, 0.6) is 5.75 Å². The maximum absolute atomic E-state index is 14.0. The summed E-state index contributed by atoms with van der Waals surface area (Å²) in [5.41, 5.74) is -1.22. The summed E-state index contributed by atoms with van der Waals surface area (Å²) in [5.74, 6) is -1.32. The number of aryl methyl sites for hydroxylation is 1. The molecule has 1 aliphatic heterocycles. The zero-order valence-corrected chi connectivity index (χ0v) is 16.9. The van der Waals surface area contributed by atoms with Gasteiger partial charge < -0.3 is 14.2 Å². The maximum atomic E-state index is 14.0. The van der Waals surface area contributed by atoms with E-state index >= 15 is 0 Å². The van der Waals surface area contributed by atoms with Crippen LogP contribution in [0.25, 0.3) is 10.9 Å². The number of anilines is 1. The van der Waals surface area contributed by atoms with Crippen molar-refractivity contribution in [3.05, 3.63) is 75.9 Å². The van der Waals surface area contributed by atoms with Crippen molar-refractivity contribution >= 4 is 28.0 Å². The van der Waals surface area contributed by atoms with E-state index < -0.39 is 28.2 Å². The minimum atomic E-state index is -4.77. The van der Waals surface area contributed by atoms with Crippen LogP contribution in [-0.2, 0) is 7.05 Å². The number of nitrogens with zero attached hydrogens (tertiary/aromatic N) is 4. The van der Waals surface area contributed by atoms with Crippen LogP contribution in [-0.4, -0.2) is 35.2 Å². The van der Waals surface area contributed by atoms with E-state index in [9.17, 15) is 27.7 Å². The normalized spacial score (nSPS) is 14.4. The Kier molecular flexibility index (Phi) is 5.11. The van der Waals surface area contributed by atoms with Crippen LogP contribution in [0, 0.1) is 15.9 Å². The molecule has 0 radical (unpaired) electrons. The number of nitro benzene ring substituents is 1. The van der Waals surface area contributed by atoms with E-state index in [1.165, 1.54) is 7.11 Å². The third kappa shape index (κ3) is 3.55. The molecule has 11 heteroatoms. The number of hydrogen-bond donors (Lipinski definition) is 0. The molecule has 32 heavy (non-hydrogen) atoms. The second-order valence-electron chi connectivity index (χ2n) is 7.06. The average Bonchev–Trinajstić information content (AvgIpc) is 3.09. The van der Waals surface area contributed by atoms with Crippen LogP contribution >= 0.6 is 0 Å². The molecule has 0 spiro atoms. The number of aromatic nitrogens is 1. The monoisotopic (exact) mass is 448 g/mol. The number of rotatable bonds is 4. The van der Waals surface area contributed by atoms with Gasteiger partial charge >= 0.3 is 11.9 Å². The standard InChI is InChI=1S/C21H16F4N4O3/c1-27-9-13(12-5-3-4-6-16(12)27)20-14(21(23,24)25)10-28(11-26-20)18-8-17(29(30)31)15(22)7-19(18)32-2/h3-10H,11H2,1-2H3. The molecule has 0 fully saturated rings. The zero-order chi connectivity index (χ0) is 23.2. The number of halogens is 4. The number of methoxy groups -OCH3 is 1. The average molecular weight is 448 g/mol. The van der Waals surface area contributed by atoms with Crippen molar-refractivity contribution in [2.75, 3.05) is 18.7 Å². The Morgan fingerprint density at radius 1 is 1.22 bits per heavy atom. The number of nitro groups is 1. The number of benzene rings is 2. The zero-order valence-electron chi connectivity index (χ0n) is 16.9. The lowest BCUT2D eigenvalue weighted by Crippen LogP contribution is -2.31. The second kappa shape index (κ2) is 7.66. The molecule has 7 nitrogen and oxygen atoms in total. The largest absolute Gasteiger partial charge is 0.494 e. The summed E-state index contributed by atoms with van der Waals surface area (Å²) < 4.78 is 62.9. The van der Waals surface area contributed by atoms with Crippen LogP contribution in [0.4, 0.5) is 28.9 Å². The summed E-state index contributed by atoms with van der Waals surface area (Å²) in [6.45, 7) is -0.280. The highest BCUT2D eigenvalue weighted by Crippen LogP contribution is 2.39. The molecule has 2 aromatic carbocycles. The number of hydrogen-bond acceptors (Lipinski definition) is 5. The predicted molar refractivity (Wildman–Crippen MR) is 111 cm³/mol. The first kappa shape index (κ1) is 21.3. The van der Waals surface area contributed by atoms with E-state index in [-0.39, 0.29) is 23.8 Å². The van der Waals surface area contributed by atoms with Gasteiger partial charge in [0.15, 0.2) is 0 Å². The fourth-order valence-corrected chi connectivity index (χ4v) is 3.66. The Morgan fingerprint density at radius 2 is 1.94 bits per heavy atom. The van der Waals surface area contributed by atoms with Crippen molar-refractivity contribution in [1.82, 2.24) is 4.57 Å². The molecular weight excluding hydrogens is 432 g/mol. The number of alkyl halides is 3. The smallest absolute Gasteiger partial charge is 0.419 e. The maximum Gasteiger partial charge on any atom is 0.419 e. The predicted octanol–water partition coefficient (Wildman–Crippen LogP) is 4.95. The van der Waals surface area contributed by atoms with E-state index in [0.717, 1.165) is 28.7 Å². The lowest BCUT2D eigenvalue weighted by atomic mass is 10.0. The van der Waals surface area contributed by atoms with Gasteiger partial charge in [0.25, 0.3) is 0 Å². The van der Waals surface area contributed by atoms with Crippen LogP contribution in [0.3, 0.4) is 0 Å². The van der Waals surface area contributed by atoms with Gasteiger partial charge in [0, 0.05) is 48.0 Å². The summed E-state index contributed by atoms with van der Waals surface area (Å²) >= 11 is 0. The fraction of sp³-hybridized carbons (Fsp3) is 0.190. The molecule has 4 rings (SSSR count). The molecule has 3 aromatic rings. The first-order valence-corrected chi connectivity index (χ1v) is 9.28. The Labute approximate surface area is 179 Å². The minimum Gasteiger partial charge on any atom is -0.494 e. The molecule has 0 bridgehead atoms. The molecule has 0 amide bonds. The van der Waals surface area contributed by atoms with Gasteiger partial charge in [0.1, 0.15) is 12.4 Å². The number of allylic oxidation sites excluding steroid dienone is 1. The van der Waals surface area contributed by atoms with Crippen molar-refractivity contribution in [1.29, 1.82) is 0 Å². The lowest BCUT2D eigenvalue weighted by Gasteiger charge is -2.28. The van der Waals surface area contributed by atoms with Gasteiger partial charge in [-0.2, -0.15) is 17.6 Å². The minimum absolute atomic E-state index is 0.108. The van der Waals surface area contributed by atoms with Gasteiger partial charge in [-0.05, 0) is 6.07 Å². The van der Waals surface area contributed by atoms with Crippen molar-refractivity contribution in [3.63, 3.8) is 0 Å². The van der Waals surface area contributed by atoms with Crippen LogP contribution in [0.15, 0.2) is 59.4 Å². The third-order valence-electron chi connectivity index (χ3n) is 5.13. The Hall–Kier alpha value is -3.89. The molecule has 0 atom stereocenters. The topological polar surface area (TPSA) is 72.9 Å². The highest BCUT2D eigenvalue weighted by atomic mass is 19.4. The first-order valence-electron chi connectivity index (χ1n) is 9.28. The van der Waals surface area contributed by atoms with E-state index in [0.29, 0.717) is 10.9 Å². The molecule has 0 saturated carbocycles. The van der Waals surface area contributed by atoms with Crippen LogP contribution < -0.4 is 9.64 Å². The lowest BCUT2D eigenvalue weighted by molar-refractivity contribution is -0.387. The molecule has 0 unspecified atom stereocenters.